The second-order valence-electron chi connectivity index (χ2n) is 7.85. The van der Waals surface area contributed by atoms with Crippen LogP contribution < -0.4 is 4.74 Å². The SMILES string of the molecule is COc1cn(-c2cccc(C(F)(F)F)c2)nc1C(=O)N(Cc1ccccc1)CC1CCCO1. The first-order valence-corrected chi connectivity index (χ1v) is 10.6. The monoisotopic (exact) mass is 459 g/mol. The highest BCUT2D eigenvalue weighted by Gasteiger charge is 2.31. The highest BCUT2D eigenvalue weighted by atomic mass is 19.4. The second kappa shape index (κ2) is 9.66. The van der Waals surface area contributed by atoms with Crippen LogP contribution >= 0.6 is 0 Å². The van der Waals surface area contributed by atoms with E-state index < -0.39 is 11.7 Å². The fraction of sp³-hybridized carbons (Fsp3) is 0.333. The summed E-state index contributed by atoms with van der Waals surface area (Å²) >= 11 is 0. The van der Waals surface area contributed by atoms with Gasteiger partial charge in [-0.2, -0.15) is 18.3 Å². The highest BCUT2D eigenvalue weighted by Crippen LogP contribution is 2.31. The molecule has 2 heterocycles. The maximum absolute atomic E-state index is 13.5. The molecule has 1 atom stereocenters. The number of carbonyl (C=O) groups excluding carboxylic acids is 1. The van der Waals surface area contributed by atoms with Crippen LogP contribution in [0.5, 0.6) is 5.75 Å². The number of aromatic nitrogens is 2. The van der Waals surface area contributed by atoms with Crippen LogP contribution in [-0.2, 0) is 17.5 Å². The molecule has 1 aliphatic rings. The Morgan fingerprint density at radius 3 is 2.67 bits per heavy atom. The van der Waals surface area contributed by atoms with E-state index in [0.717, 1.165) is 30.5 Å². The lowest BCUT2D eigenvalue weighted by molar-refractivity contribution is -0.137. The first-order chi connectivity index (χ1) is 15.8. The van der Waals surface area contributed by atoms with Gasteiger partial charge in [-0.25, -0.2) is 4.68 Å². The van der Waals surface area contributed by atoms with Gasteiger partial charge in [0.15, 0.2) is 11.4 Å². The summed E-state index contributed by atoms with van der Waals surface area (Å²) in [6.07, 6.45) is -1.36. The molecule has 174 valence electrons. The van der Waals surface area contributed by atoms with E-state index in [9.17, 15) is 18.0 Å². The minimum Gasteiger partial charge on any atom is -0.493 e. The number of hydrogen-bond acceptors (Lipinski definition) is 4. The number of carbonyl (C=O) groups is 1. The van der Waals surface area contributed by atoms with Crippen LogP contribution in [0.25, 0.3) is 5.69 Å². The molecule has 33 heavy (non-hydrogen) atoms. The van der Waals surface area contributed by atoms with Crippen LogP contribution in [0.3, 0.4) is 0 Å². The molecule has 0 N–H and O–H groups in total. The molecule has 0 aliphatic carbocycles. The van der Waals surface area contributed by atoms with E-state index in [4.69, 9.17) is 9.47 Å². The Bertz CT molecular complexity index is 1090. The molecular formula is C24H24F3N3O3. The Labute approximate surface area is 189 Å². The minimum atomic E-state index is -4.49. The maximum atomic E-state index is 13.5. The van der Waals surface area contributed by atoms with Gasteiger partial charge in [0.1, 0.15) is 0 Å². The molecule has 1 saturated heterocycles. The van der Waals surface area contributed by atoms with E-state index in [2.05, 4.69) is 5.10 Å². The Morgan fingerprint density at radius 1 is 1.21 bits per heavy atom. The molecule has 3 aromatic rings. The zero-order valence-corrected chi connectivity index (χ0v) is 18.1. The van der Waals surface area contributed by atoms with Gasteiger partial charge in [0.25, 0.3) is 5.91 Å². The molecule has 1 amide bonds. The Balaban J connectivity index is 1.65. The summed E-state index contributed by atoms with van der Waals surface area (Å²) < 4.78 is 51.7. The van der Waals surface area contributed by atoms with Gasteiger partial charge in [-0.05, 0) is 36.6 Å². The summed E-state index contributed by atoms with van der Waals surface area (Å²) in [5, 5.41) is 4.30. The zero-order valence-electron chi connectivity index (χ0n) is 18.1. The first-order valence-electron chi connectivity index (χ1n) is 10.6. The van der Waals surface area contributed by atoms with Gasteiger partial charge in [-0.1, -0.05) is 36.4 Å². The average molecular weight is 459 g/mol. The molecule has 0 saturated carbocycles. The van der Waals surface area contributed by atoms with Crippen molar-refractivity contribution in [2.45, 2.75) is 31.7 Å². The number of alkyl halides is 3. The van der Waals surface area contributed by atoms with Crippen molar-refractivity contribution in [3.8, 4) is 11.4 Å². The van der Waals surface area contributed by atoms with Gasteiger partial charge in [-0.3, -0.25) is 4.79 Å². The molecule has 0 radical (unpaired) electrons. The lowest BCUT2D eigenvalue weighted by Gasteiger charge is -2.25. The molecule has 6 nitrogen and oxygen atoms in total. The number of methoxy groups -OCH3 is 1. The predicted octanol–water partition coefficient (Wildman–Crippen LogP) is 4.72. The molecule has 1 aromatic heterocycles. The number of benzene rings is 2. The first kappa shape index (κ1) is 22.8. The van der Waals surface area contributed by atoms with Crippen LogP contribution in [0.4, 0.5) is 13.2 Å². The summed E-state index contributed by atoms with van der Waals surface area (Å²) in [6, 6.07) is 14.3. The molecular weight excluding hydrogens is 435 g/mol. The van der Waals surface area contributed by atoms with E-state index in [1.807, 2.05) is 30.3 Å². The third kappa shape index (κ3) is 5.36. The summed E-state index contributed by atoms with van der Waals surface area (Å²) in [5.74, 6) is -0.195. The van der Waals surface area contributed by atoms with Crippen molar-refractivity contribution < 1.29 is 27.4 Å². The molecule has 9 heteroatoms. The van der Waals surface area contributed by atoms with Gasteiger partial charge in [0.05, 0.1) is 30.7 Å². The van der Waals surface area contributed by atoms with Crippen LogP contribution in [-0.4, -0.2) is 47.0 Å². The van der Waals surface area contributed by atoms with Crippen molar-refractivity contribution in [3.05, 3.63) is 77.6 Å². The number of halogens is 3. The molecule has 0 bridgehead atoms. The highest BCUT2D eigenvalue weighted by molar-refractivity contribution is 5.95. The van der Waals surface area contributed by atoms with Gasteiger partial charge in [0, 0.05) is 19.7 Å². The summed E-state index contributed by atoms with van der Waals surface area (Å²) in [6.45, 7) is 1.39. The standard InChI is InChI=1S/C24H24F3N3O3/c1-32-21-16-30(19-10-5-9-18(13-19)24(25,26)27)28-22(21)23(31)29(15-20-11-6-12-33-20)14-17-7-3-2-4-8-17/h2-5,7-10,13,16,20H,6,11-12,14-15H2,1H3. The van der Waals surface area contributed by atoms with Crippen molar-refractivity contribution >= 4 is 5.91 Å². The number of ether oxygens (including phenoxy) is 2. The molecule has 1 fully saturated rings. The van der Waals surface area contributed by atoms with Gasteiger partial charge < -0.3 is 14.4 Å². The number of nitrogens with zero attached hydrogens (tertiary/aromatic N) is 3. The summed E-state index contributed by atoms with van der Waals surface area (Å²) in [5.41, 5.74) is 0.353. The van der Waals surface area contributed by atoms with Crippen molar-refractivity contribution in [2.75, 3.05) is 20.3 Å². The third-order valence-corrected chi connectivity index (χ3v) is 5.49. The normalized spacial score (nSPS) is 16.1. The lowest BCUT2D eigenvalue weighted by atomic mass is 10.1. The molecule has 1 aliphatic heterocycles. The molecule has 4 rings (SSSR count). The summed E-state index contributed by atoms with van der Waals surface area (Å²) in [4.78, 5) is 15.2. The maximum Gasteiger partial charge on any atom is 0.416 e. The van der Waals surface area contributed by atoms with Crippen molar-refractivity contribution in [1.29, 1.82) is 0 Å². The number of hydrogen-bond donors (Lipinski definition) is 0. The Kier molecular flexibility index (Phi) is 6.69. The number of rotatable bonds is 7. The Morgan fingerprint density at radius 2 is 2.00 bits per heavy atom. The second-order valence-corrected chi connectivity index (χ2v) is 7.85. The van der Waals surface area contributed by atoms with E-state index in [-0.39, 0.29) is 29.1 Å². The van der Waals surface area contributed by atoms with Crippen LogP contribution in [0.1, 0.15) is 34.5 Å². The topological polar surface area (TPSA) is 56.6 Å². The van der Waals surface area contributed by atoms with Crippen molar-refractivity contribution in [3.63, 3.8) is 0 Å². The quantitative estimate of drug-likeness (QED) is 0.513. The lowest BCUT2D eigenvalue weighted by Crippen LogP contribution is -2.37. The molecule has 1 unspecified atom stereocenters. The summed E-state index contributed by atoms with van der Waals surface area (Å²) in [7, 11) is 1.39. The van der Waals surface area contributed by atoms with Gasteiger partial charge in [0.2, 0.25) is 0 Å². The van der Waals surface area contributed by atoms with Gasteiger partial charge in [-0.15, -0.1) is 0 Å². The Hall–Kier alpha value is -3.33. The molecule has 0 spiro atoms. The van der Waals surface area contributed by atoms with Crippen LogP contribution in [0.15, 0.2) is 60.8 Å². The molecule has 2 aromatic carbocycles. The fourth-order valence-corrected chi connectivity index (χ4v) is 3.82. The van der Waals surface area contributed by atoms with Crippen LogP contribution in [0.2, 0.25) is 0 Å². The van der Waals surface area contributed by atoms with E-state index in [1.165, 1.54) is 30.1 Å². The third-order valence-electron chi connectivity index (χ3n) is 5.49. The fourth-order valence-electron chi connectivity index (χ4n) is 3.82. The minimum absolute atomic E-state index is 0.0313. The largest absolute Gasteiger partial charge is 0.493 e. The number of amides is 1. The van der Waals surface area contributed by atoms with E-state index in [0.29, 0.717) is 19.7 Å². The van der Waals surface area contributed by atoms with Gasteiger partial charge >= 0.3 is 6.18 Å². The van der Waals surface area contributed by atoms with E-state index >= 15 is 0 Å². The van der Waals surface area contributed by atoms with Crippen LogP contribution in [0, 0.1) is 0 Å². The average Bonchev–Trinajstić information content (AvgIpc) is 3.48. The smallest absolute Gasteiger partial charge is 0.416 e. The van der Waals surface area contributed by atoms with Crippen molar-refractivity contribution in [2.24, 2.45) is 0 Å². The van der Waals surface area contributed by atoms with Crippen molar-refractivity contribution in [1.82, 2.24) is 14.7 Å². The van der Waals surface area contributed by atoms with E-state index in [1.54, 1.807) is 4.90 Å². The predicted molar refractivity (Wildman–Crippen MR) is 115 cm³/mol. The zero-order chi connectivity index (χ0) is 23.4.